The van der Waals surface area contributed by atoms with Gasteiger partial charge >= 0.3 is 8.24 Å². The average Bonchev–Trinajstić information content (AvgIpc) is 3.50. The maximum atomic E-state index is 7.37. The predicted octanol–water partition coefficient (Wildman–Crippen LogP) is 16.8. The average molecular weight is 891 g/mol. The summed E-state index contributed by atoms with van der Waals surface area (Å²) < 4.78 is 46.8. The van der Waals surface area contributed by atoms with Crippen molar-refractivity contribution in [3.8, 4) is 23.0 Å². The molecule has 10 aromatic carbocycles. The molecule has 1 aromatic heterocycles. The number of methoxy groups -OCH3 is 4. The molecule has 0 aliphatic rings. The van der Waals surface area contributed by atoms with E-state index in [1.165, 1.54) is 5.57 Å². The Morgan fingerprint density at radius 1 is 0.485 bits per heavy atom. The quantitative estimate of drug-likeness (QED) is 0.0893. The fourth-order valence-electron chi connectivity index (χ4n) is 10.3. The van der Waals surface area contributed by atoms with Gasteiger partial charge in [-0.1, -0.05) is 104 Å². The van der Waals surface area contributed by atoms with Crippen LogP contribution in [0.4, 0.5) is 0 Å². The summed E-state index contributed by atoms with van der Waals surface area (Å²) in [5.41, 5.74) is 2.50. The first kappa shape index (κ1) is 41.8. The molecule has 7 nitrogen and oxygen atoms in total. The molecule has 66 heavy (non-hydrogen) atoms. The number of fused-ring (bicyclic) bond motifs is 19. The summed E-state index contributed by atoms with van der Waals surface area (Å²) in [5, 5.41) is 17.9. The van der Waals surface area contributed by atoms with Gasteiger partial charge in [0.05, 0.1) is 35.0 Å². The standard InChI is InChI=1S/C58H51O7P/c1-33(2)13-12-14-34(3)27-28-63-66-64-57-43(29-49(61-6)45-31-47(59-4)41-25-23-37-21-19-35-15-8-10-17-39(35)51(37)53(41)55(45)57)44-30-50(62-7)46-32-48(60-5)42-26-24-38-22-20-36-16-9-11-18-40(36)52(38)54(42)56(46)58(44)65-66/h8-11,15-26,29-32,34H,1,12-14,27-28H2,2-7H3/t34-/m1/s1. The molecule has 1 heterocycles. The van der Waals surface area contributed by atoms with Crippen molar-refractivity contribution < 1.29 is 31.9 Å². The van der Waals surface area contributed by atoms with Gasteiger partial charge in [-0.05, 0) is 112 Å². The first-order valence-corrected chi connectivity index (χ1v) is 23.7. The Balaban J connectivity index is 1.36. The molecule has 1 atom stereocenters. The van der Waals surface area contributed by atoms with E-state index in [0.717, 1.165) is 134 Å². The summed E-state index contributed by atoms with van der Waals surface area (Å²) in [6.07, 6.45) is 4.05. The molecule has 0 aliphatic carbocycles. The highest BCUT2D eigenvalue weighted by atomic mass is 31.1. The van der Waals surface area contributed by atoms with Crippen molar-refractivity contribution >= 4 is 116 Å². The molecule has 0 aliphatic heterocycles. The normalized spacial score (nSPS) is 12.5. The fourth-order valence-corrected chi connectivity index (χ4v) is 11.4. The lowest BCUT2D eigenvalue weighted by molar-refractivity contribution is 0.323. The van der Waals surface area contributed by atoms with Crippen LogP contribution in [0.5, 0.6) is 23.0 Å². The van der Waals surface area contributed by atoms with E-state index < -0.39 is 8.24 Å². The zero-order chi connectivity index (χ0) is 45.2. The van der Waals surface area contributed by atoms with Crippen LogP contribution in [0.25, 0.3) is 108 Å². The summed E-state index contributed by atoms with van der Waals surface area (Å²) in [6.45, 7) is 8.96. The SMILES string of the molecule is C=C(C)CCC[C@@H](C)CCOp1oc2c(cc(OC)c3cc(OC)c4ccc5ccc6ccccc6c5c4c32)c2cc(OC)c3cc(OC)c4ccc5ccc6ccccc6c5c4c3c2o1. The Bertz CT molecular complexity index is 3600. The van der Waals surface area contributed by atoms with E-state index in [-0.39, 0.29) is 0 Å². The number of hydrogen-bond acceptors (Lipinski definition) is 7. The number of hydrogen-bond donors (Lipinski definition) is 0. The second kappa shape index (κ2) is 16.8. The zero-order valence-corrected chi connectivity index (χ0v) is 39.1. The van der Waals surface area contributed by atoms with Gasteiger partial charge < -0.3 is 27.3 Å². The second-order valence-electron chi connectivity index (χ2n) is 17.6. The topological polar surface area (TPSA) is 72.4 Å². The molecule has 0 fully saturated rings. The molecule has 0 amide bonds. The minimum absolute atomic E-state index is 0.438. The summed E-state index contributed by atoms with van der Waals surface area (Å²) in [4.78, 5) is 0. The summed E-state index contributed by atoms with van der Waals surface area (Å²) >= 11 is 0. The molecule has 11 aromatic rings. The van der Waals surface area contributed by atoms with Crippen LogP contribution in [0.15, 0.2) is 142 Å². The van der Waals surface area contributed by atoms with Gasteiger partial charge in [-0.3, -0.25) is 4.52 Å². The van der Waals surface area contributed by atoms with Gasteiger partial charge in [-0.25, -0.2) is 0 Å². The molecule has 0 saturated heterocycles. The number of rotatable bonds is 12. The van der Waals surface area contributed by atoms with Gasteiger partial charge in [-0.15, -0.1) is 6.58 Å². The van der Waals surface area contributed by atoms with E-state index in [9.17, 15) is 0 Å². The molecule has 330 valence electrons. The van der Waals surface area contributed by atoms with Gasteiger partial charge in [0.1, 0.15) is 23.0 Å². The Hall–Kier alpha value is -6.92. The van der Waals surface area contributed by atoms with Crippen LogP contribution in [0.3, 0.4) is 0 Å². The van der Waals surface area contributed by atoms with Gasteiger partial charge in [0.15, 0.2) is 11.2 Å². The van der Waals surface area contributed by atoms with E-state index >= 15 is 0 Å². The first-order valence-electron chi connectivity index (χ1n) is 22.7. The Morgan fingerprint density at radius 3 is 1.38 bits per heavy atom. The lowest BCUT2D eigenvalue weighted by Gasteiger charge is -2.17. The number of benzene rings is 10. The monoisotopic (exact) mass is 890 g/mol. The minimum atomic E-state index is -2.05. The highest BCUT2D eigenvalue weighted by molar-refractivity contribution is 7.31. The van der Waals surface area contributed by atoms with E-state index in [4.69, 9.17) is 31.9 Å². The number of allylic oxidation sites excluding steroid dienone is 1. The van der Waals surface area contributed by atoms with Gasteiger partial charge in [0.2, 0.25) is 0 Å². The van der Waals surface area contributed by atoms with Crippen LogP contribution in [0.1, 0.15) is 39.5 Å². The second-order valence-corrected chi connectivity index (χ2v) is 18.7. The van der Waals surface area contributed by atoms with Gasteiger partial charge in [-0.2, -0.15) is 0 Å². The summed E-state index contributed by atoms with van der Waals surface area (Å²) in [5.74, 6) is 3.25. The van der Waals surface area contributed by atoms with E-state index in [1.54, 1.807) is 28.4 Å². The minimum Gasteiger partial charge on any atom is -0.496 e. The molecule has 0 N–H and O–H groups in total. The van der Waals surface area contributed by atoms with Gasteiger partial charge in [0.25, 0.3) is 0 Å². The predicted molar refractivity (Wildman–Crippen MR) is 276 cm³/mol. The maximum Gasteiger partial charge on any atom is 0.387 e. The molecule has 11 rings (SSSR count). The molecular formula is C58H51O7P. The lowest BCUT2D eigenvalue weighted by Crippen LogP contribution is -2.03. The van der Waals surface area contributed by atoms with Crippen molar-refractivity contribution in [1.82, 2.24) is 0 Å². The third-order valence-corrected chi connectivity index (χ3v) is 14.6. The highest BCUT2D eigenvalue weighted by Crippen LogP contribution is 2.52. The van der Waals surface area contributed by atoms with Crippen LogP contribution in [0.2, 0.25) is 0 Å². The molecular weight excluding hydrogens is 840 g/mol. The van der Waals surface area contributed by atoms with Gasteiger partial charge in [0, 0.05) is 53.9 Å². The Morgan fingerprint density at radius 2 is 0.909 bits per heavy atom. The highest BCUT2D eigenvalue weighted by Gasteiger charge is 2.25. The zero-order valence-electron chi connectivity index (χ0n) is 38.2. The van der Waals surface area contributed by atoms with Crippen molar-refractivity contribution in [3.63, 3.8) is 0 Å². The van der Waals surface area contributed by atoms with Crippen LogP contribution in [0, 0.1) is 5.92 Å². The third kappa shape index (κ3) is 6.75. The van der Waals surface area contributed by atoms with Crippen molar-refractivity contribution in [3.05, 3.63) is 133 Å². The van der Waals surface area contributed by atoms with Crippen LogP contribution in [-0.4, -0.2) is 35.0 Å². The first-order chi connectivity index (χ1) is 32.3. The Labute approximate surface area is 383 Å². The summed E-state index contributed by atoms with van der Waals surface area (Å²) in [6, 6.07) is 42.8. The number of ether oxygens (including phenoxy) is 4. The molecule has 0 radical (unpaired) electrons. The summed E-state index contributed by atoms with van der Waals surface area (Å²) in [7, 11) is 4.84. The lowest BCUT2D eigenvalue weighted by atomic mass is 9.90. The van der Waals surface area contributed by atoms with Crippen LogP contribution < -0.4 is 23.5 Å². The van der Waals surface area contributed by atoms with E-state index in [0.29, 0.717) is 35.2 Å². The maximum absolute atomic E-state index is 7.37. The van der Waals surface area contributed by atoms with E-state index in [1.807, 2.05) is 0 Å². The van der Waals surface area contributed by atoms with Crippen molar-refractivity contribution in [1.29, 1.82) is 0 Å². The largest absolute Gasteiger partial charge is 0.496 e. The molecule has 0 bridgehead atoms. The third-order valence-electron chi connectivity index (χ3n) is 13.6. The molecule has 0 spiro atoms. The Kier molecular flexibility index (Phi) is 10.6. The van der Waals surface area contributed by atoms with Crippen molar-refractivity contribution in [2.75, 3.05) is 35.0 Å². The van der Waals surface area contributed by atoms with E-state index in [2.05, 4.69) is 142 Å². The van der Waals surface area contributed by atoms with Crippen molar-refractivity contribution in [2.24, 2.45) is 5.92 Å². The van der Waals surface area contributed by atoms with Crippen LogP contribution >= 0.6 is 8.24 Å². The molecule has 8 heteroatoms. The van der Waals surface area contributed by atoms with Crippen molar-refractivity contribution in [2.45, 2.75) is 39.5 Å². The smallest absolute Gasteiger partial charge is 0.387 e. The fraction of sp³-hybridized carbons (Fsp3) is 0.207. The molecule has 0 saturated carbocycles. The van der Waals surface area contributed by atoms with Crippen LogP contribution in [-0.2, 0) is 0 Å². The molecule has 0 unspecified atom stereocenters.